The van der Waals surface area contributed by atoms with Crippen LogP contribution in [-0.2, 0) is 4.79 Å². The van der Waals surface area contributed by atoms with Gasteiger partial charge >= 0.3 is 0 Å². The van der Waals surface area contributed by atoms with Crippen molar-refractivity contribution in [1.29, 1.82) is 0 Å². The first-order valence-electron chi connectivity index (χ1n) is 9.74. The van der Waals surface area contributed by atoms with E-state index in [0.29, 0.717) is 11.7 Å². The number of thiocarbonyl (C=S) groups is 1. The second-order valence-corrected chi connectivity index (χ2v) is 7.60. The van der Waals surface area contributed by atoms with Gasteiger partial charge in [0.25, 0.3) is 0 Å². The molecule has 1 heterocycles. The standard InChI is InChI=1S/C22H28N4O2S/c1-16-5-4-6-20(17(16)2)24-21(27)15-25-11-13-26(14-12-25)22(29)23-18-7-9-19(28-3)10-8-18/h4-10H,11-15H2,1-3H3,(H,23,29)(H,24,27). The number of piperazine rings is 1. The van der Waals surface area contributed by atoms with E-state index in [0.717, 1.165) is 48.9 Å². The third-order valence-electron chi connectivity index (χ3n) is 5.25. The van der Waals surface area contributed by atoms with Crippen LogP contribution in [0.25, 0.3) is 0 Å². The van der Waals surface area contributed by atoms with Crippen molar-refractivity contribution in [3.05, 3.63) is 53.6 Å². The lowest BCUT2D eigenvalue weighted by Crippen LogP contribution is -2.51. The molecule has 154 valence electrons. The van der Waals surface area contributed by atoms with Crippen molar-refractivity contribution in [1.82, 2.24) is 9.80 Å². The Labute approximate surface area is 177 Å². The molecule has 29 heavy (non-hydrogen) atoms. The van der Waals surface area contributed by atoms with Crippen LogP contribution in [0.1, 0.15) is 11.1 Å². The first-order chi connectivity index (χ1) is 14.0. The lowest BCUT2D eigenvalue weighted by molar-refractivity contribution is -0.117. The minimum atomic E-state index is 0.0195. The Hall–Kier alpha value is -2.64. The van der Waals surface area contributed by atoms with E-state index in [2.05, 4.69) is 20.4 Å². The molecule has 2 N–H and O–H groups in total. The molecule has 0 spiro atoms. The molecule has 2 aromatic carbocycles. The Morgan fingerprint density at radius 1 is 1.03 bits per heavy atom. The van der Waals surface area contributed by atoms with E-state index in [-0.39, 0.29) is 5.91 Å². The van der Waals surface area contributed by atoms with Crippen molar-refractivity contribution in [3.8, 4) is 5.75 Å². The third-order valence-corrected chi connectivity index (χ3v) is 5.61. The average Bonchev–Trinajstić information content (AvgIpc) is 2.72. The van der Waals surface area contributed by atoms with Crippen LogP contribution in [0.4, 0.5) is 11.4 Å². The number of hydrogen-bond donors (Lipinski definition) is 2. The van der Waals surface area contributed by atoms with Gasteiger partial charge in [0.05, 0.1) is 13.7 Å². The number of aryl methyl sites for hydroxylation is 1. The Morgan fingerprint density at radius 2 is 1.72 bits per heavy atom. The SMILES string of the molecule is COc1ccc(NC(=S)N2CCN(CC(=O)Nc3cccc(C)c3C)CC2)cc1. The predicted molar refractivity (Wildman–Crippen MR) is 122 cm³/mol. The van der Waals surface area contributed by atoms with E-state index < -0.39 is 0 Å². The van der Waals surface area contributed by atoms with Crippen molar-refractivity contribution in [2.24, 2.45) is 0 Å². The van der Waals surface area contributed by atoms with E-state index >= 15 is 0 Å². The van der Waals surface area contributed by atoms with Gasteiger partial charge in [-0.15, -0.1) is 0 Å². The predicted octanol–water partition coefficient (Wildman–Crippen LogP) is 3.27. The number of benzene rings is 2. The number of hydrogen-bond acceptors (Lipinski definition) is 4. The fourth-order valence-electron chi connectivity index (χ4n) is 3.27. The molecule has 0 aliphatic carbocycles. The molecule has 1 aliphatic heterocycles. The van der Waals surface area contributed by atoms with Gasteiger partial charge in [-0.1, -0.05) is 12.1 Å². The van der Waals surface area contributed by atoms with Crippen LogP contribution in [0.3, 0.4) is 0 Å². The zero-order chi connectivity index (χ0) is 20.8. The number of ether oxygens (including phenoxy) is 1. The molecule has 1 amide bonds. The number of rotatable bonds is 5. The van der Waals surface area contributed by atoms with Crippen molar-refractivity contribution in [2.45, 2.75) is 13.8 Å². The zero-order valence-corrected chi connectivity index (χ0v) is 18.0. The number of nitrogens with one attached hydrogen (secondary N) is 2. The lowest BCUT2D eigenvalue weighted by Gasteiger charge is -2.35. The van der Waals surface area contributed by atoms with Crippen molar-refractivity contribution < 1.29 is 9.53 Å². The molecule has 0 atom stereocenters. The monoisotopic (exact) mass is 412 g/mol. The summed E-state index contributed by atoms with van der Waals surface area (Å²) in [5.74, 6) is 0.834. The van der Waals surface area contributed by atoms with Gasteiger partial charge in [0.1, 0.15) is 5.75 Å². The molecule has 0 unspecified atom stereocenters. The Bertz CT molecular complexity index is 862. The first kappa shape index (κ1) is 21.1. The summed E-state index contributed by atoms with van der Waals surface area (Å²) >= 11 is 5.54. The molecule has 1 saturated heterocycles. The quantitative estimate of drug-likeness (QED) is 0.736. The van der Waals surface area contributed by atoms with E-state index in [4.69, 9.17) is 17.0 Å². The second kappa shape index (κ2) is 9.71. The maximum Gasteiger partial charge on any atom is 0.238 e. The van der Waals surface area contributed by atoms with Gasteiger partial charge in [-0.2, -0.15) is 0 Å². The molecular weight excluding hydrogens is 384 g/mol. The normalized spacial score (nSPS) is 14.4. The number of carbonyl (C=O) groups excluding carboxylic acids is 1. The van der Waals surface area contributed by atoms with Crippen LogP contribution in [0.15, 0.2) is 42.5 Å². The topological polar surface area (TPSA) is 56.8 Å². The Balaban J connectivity index is 1.45. The summed E-state index contributed by atoms with van der Waals surface area (Å²) in [6, 6.07) is 13.6. The van der Waals surface area contributed by atoms with E-state index in [1.165, 1.54) is 5.56 Å². The summed E-state index contributed by atoms with van der Waals surface area (Å²) in [6.07, 6.45) is 0. The summed E-state index contributed by atoms with van der Waals surface area (Å²) in [7, 11) is 1.65. The van der Waals surface area contributed by atoms with E-state index in [1.807, 2.05) is 56.3 Å². The molecule has 1 aliphatic rings. The smallest absolute Gasteiger partial charge is 0.238 e. The number of anilines is 2. The van der Waals surface area contributed by atoms with Gasteiger partial charge in [0, 0.05) is 37.6 Å². The van der Waals surface area contributed by atoms with Crippen molar-refractivity contribution >= 4 is 34.6 Å². The fourth-order valence-corrected chi connectivity index (χ4v) is 3.57. The van der Waals surface area contributed by atoms with Gasteiger partial charge in [-0.05, 0) is 67.5 Å². The summed E-state index contributed by atoms with van der Waals surface area (Å²) in [5, 5.41) is 7.00. The molecule has 6 nitrogen and oxygen atoms in total. The molecule has 0 bridgehead atoms. The van der Waals surface area contributed by atoms with Crippen LogP contribution in [0.5, 0.6) is 5.75 Å². The Morgan fingerprint density at radius 3 is 2.38 bits per heavy atom. The van der Waals surface area contributed by atoms with Crippen molar-refractivity contribution in [2.75, 3.05) is 50.5 Å². The summed E-state index contributed by atoms with van der Waals surface area (Å²) < 4.78 is 5.17. The molecular formula is C22H28N4O2S. The second-order valence-electron chi connectivity index (χ2n) is 7.22. The Kier molecular flexibility index (Phi) is 7.06. The van der Waals surface area contributed by atoms with Crippen LogP contribution < -0.4 is 15.4 Å². The van der Waals surface area contributed by atoms with Crippen LogP contribution >= 0.6 is 12.2 Å². The summed E-state index contributed by atoms with van der Waals surface area (Å²) in [6.45, 7) is 7.64. The van der Waals surface area contributed by atoms with Crippen LogP contribution in [-0.4, -0.2) is 60.7 Å². The molecule has 0 radical (unpaired) electrons. The third kappa shape index (κ3) is 5.68. The minimum Gasteiger partial charge on any atom is -0.497 e. The highest BCUT2D eigenvalue weighted by Gasteiger charge is 2.21. The molecule has 2 aromatic rings. The average molecular weight is 413 g/mol. The molecule has 0 aromatic heterocycles. The minimum absolute atomic E-state index is 0.0195. The summed E-state index contributed by atoms with van der Waals surface area (Å²) in [5.41, 5.74) is 4.11. The van der Waals surface area contributed by atoms with E-state index in [9.17, 15) is 4.79 Å². The summed E-state index contributed by atoms with van der Waals surface area (Å²) in [4.78, 5) is 16.7. The van der Waals surface area contributed by atoms with Crippen LogP contribution in [0, 0.1) is 13.8 Å². The highest BCUT2D eigenvalue weighted by Crippen LogP contribution is 2.18. The number of amides is 1. The molecule has 1 fully saturated rings. The van der Waals surface area contributed by atoms with E-state index in [1.54, 1.807) is 7.11 Å². The van der Waals surface area contributed by atoms with Gasteiger partial charge in [-0.3, -0.25) is 9.69 Å². The first-order valence-corrected chi connectivity index (χ1v) is 10.2. The van der Waals surface area contributed by atoms with Gasteiger partial charge in [0.15, 0.2) is 5.11 Å². The molecule has 7 heteroatoms. The van der Waals surface area contributed by atoms with Crippen molar-refractivity contribution in [3.63, 3.8) is 0 Å². The number of nitrogens with zero attached hydrogens (tertiary/aromatic N) is 2. The maximum atomic E-state index is 12.4. The molecule has 3 rings (SSSR count). The lowest BCUT2D eigenvalue weighted by atomic mass is 10.1. The fraction of sp³-hybridized carbons (Fsp3) is 0.364. The molecule has 0 saturated carbocycles. The van der Waals surface area contributed by atoms with Gasteiger partial charge < -0.3 is 20.3 Å². The number of methoxy groups -OCH3 is 1. The zero-order valence-electron chi connectivity index (χ0n) is 17.2. The highest BCUT2D eigenvalue weighted by molar-refractivity contribution is 7.80. The highest BCUT2D eigenvalue weighted by atomic mass is 32.1. The largest absolute Gasteiger partial charge is 0.497 e. The maximum absolute atomic E-state index is 12.4. The van der Waals surface area contributed by atoms with Crippen LogP contribution in [0.2, 0.25) is 0 Å². The number of carbonyl (C=O) groups is 1. The van der Waals surface area contributed by atoms with Gasteiger partial charge in [-0.25, -0.2) is 0 Å². The van der Waals surface area contributed by atoms with Gasteiger partial charge in [0.2, 0.25) is 5.91 Å².